The SMILES string of the molecule is CCC1(CO)CCCN(C(=O)c2sc(C)cc2OC)C1. The molecule has 1 amide bonds. The summed E-state index contributed by atoms with van der Waals surface area (Å²) in [5.41, 5.74) is -0.131. The zero-order valence-corrected chi connectivity index (χ0v) is 13.3. The predicted octanol–water partition coefficient (Wildman–Crippen LogP) is 2.69. The van der Waals surface area contributed by atoms with Gasteiger partial charge in [-0.15, -0.1) is 11.3 Å². The first kappa shape index (κ1) is 15.3. The lowest BCUT2D eigenvalue weighted by molar-refractivity contribution is 0.0253. The average Bonchev–Trinajstić information content (AvgIpc) is 2.87. The summed E-state index contributed by atoms with van der Waals surface area (Å²) in [5.74, 6) is 0.695. The van der Waals surface area contributed by atoms with E-state index in [1.807, 2.05) is 17.9 Å². The maximum absolute atomic E-state index is 12.7. The molecule has 5 heteroatoms. The number of thiophene rings is 1. The summed E-state index contributed by atoms with van der Waals surface area (Å²) >= 11 is 1.48. The van der Waals surface area contributed by atoms with Gasteiger partial charge in [-0.3, -0.25) is 4.79 Å². The van der Waals surface area contributed by atoms with Crippen LogP contribution >= 0.6 is 11.3 Å². The Labute approximate surface area is 124 Å². The van der Waals surface area contributed by atoms with Crippen LogP contribution in [0.4, 0.5) is 0 Å². The molecular weight excluding hydrogens is 274 g/mol. The zero-order chi connectivity index (χ0) is 14.8. The standard InChI is InChI=1S/C15H23NO3S/c1-4-15(10-17)6-5-7-16(9-15)14(18)13-12(19-3)8-11(2)20-13/h8,17H,4-7,9-10H2,1-3H3. The van der Waals surface area contributed by atoms with Gasteiger partial charge in [-0.1, -0.05) is 6.92 Å². The third-order valence-corrected chi connectivity index (χ3v) is 5.29. The highest BCUT2D eigenvalue weighted by molar-refractivity contribution is 7.14. The molecule has 0 bridgehead atoms. The summed E-state index contributed by atoms with van der Waals surface area (Å²) in [6, 6.07) is 1.90. The van der Waals surface area contributed by atoms with Gasteiger partial charge in [0.1, 0.15) is 10.6 Å². The number of aliphatic hydroxyl groups is 1. The van der Waals surface area contributed by atoms with Gasteiger partial charge in [0.05, 0.1) is 13.7 Å². The molecule has 20 heavy (non-hydrogen) atoms. The molecule has 1 atom stereocenters. The first-order valence-corrected chi connectivity index (χ1v) is 7.91. The average molecular weight is 297 g/mol. The van der Waals surface area contributed by atoms with Crippen molar-refractivity contribution in [2.45, 2.75) is 33.1 Å². The van der Waals surface area contributed by atoms with Crippen LogP contribution in [0.15, 0.2) is 6.07 Å². The summed E-state index contributed by atoms with van der Waals surface area (Å²) in [7, 11) is 1.60. The molecular formula is C15H23NO3S. The monoisotopic (exact) mass is 297 g/mol. The molecule has 0 aliphatic carbocycles. The molecule has 1 aliphatic heterocycles. The molecule has 1 aromatic heterocycles. The molecule has 1 saturated heterocycles. The number of amides is 1. The predicted molar refractivity (Wildman–Crippen MR) is 80.6 cm³/mol. The molecule has 0 radical (unpaired) electrons. The van der Waals surface area contributed by atoms with Crippen LogP contribution in [0.5, 0.6) is 5.75 Å². The second-order valence-electron chi connectivity index (χ2n) is 5.60. The number of carbonyl (C=O) groups is 1. The summed E-state index contributed by atoms with van der Waals surface area (Å²) in [6.45, 7) is 5.61. The van der Waals surface area contributed by atoms with Crippen LogP contribution in [0.1, 0.15) is 40.7 Å². The fraction of sp³-hybridized carbons (Fsp3) is 0.667. The maximum Gasteiger partial charge on any atom is 0.267 e. The second-order valence-corrected chi connectivity index (χ2v) is 6.85. The maximum atomic E-state index is 12.7. The first-order valence-electron chi connectivity index (χ1n) is 7.10. The third-order valence-electron chi connectivity index (χ3n) is 4.27. The number of rotatable bonds is 4. The molecule has 1 aliphatic rings. The minimum absolute atomic E-state index is 0.0333. The molecule has 1 N–H and O–H groups in total. The highest BCUT2D eigenvalue weighted by atomic mass is 32.1. The van der Waals surface area contributed by atoms with E-state index < -0.39 is 0 Å². The van der Waals surface area contributed by atoms with Gasteiger partial charge in [-0.05, 0) is 32.3 Å². The van der Waals surface area contributed by atoms with E-state index in [4.69, 9.17) is 4.74 Å². The van der Waals surface area contributed by atoms with Crippen molar-refractivity contribution in [3.05, 3.63) is 15.8 Å². The van der Waals surface area contributed by atoms with Crippen LogP contribution in [0, 0.1) is 12.3 Å². The lowest BCUT2D eigenvalue weighted by Crippen LogP contribution is -2.47. The number of methoxy groups -OCH3 is 1. The van der Waals surface area contributed by atoms with Crippen LogP contribution in [0.2, 0.25) is 0 Å². The lowest BCUT2D eigenvalue weighted by atomic mass is 9.78. The van der Waals surface area contributed by atoms with E-state index >= 15 is 0 Å². The Bertz CT molecular complexity index is 479. The van der Waals surface area contributed by atoms with Gasteiger partial charge in [-0.2, -0.15) is 0 Å². The number of likely N-dealkylation sites (tertiary alicyclic amines) is 1. The largest absolute Gasteiger partial charge is 0.495 e. The molecule has 2 heterocycles. The topological polar surface area (TPSA) is 49.8 Å². The Hall–Kier alpha value is -1.07. The molecule has 0 aromatic carbocycles. The number of hydrogen-bond donors (Lipinski definition) is 1. The molecule has 112 valence electrons. The Balaban J connectivity index is 2.20. The molecule has 1 unspecified atom stereocenters. The van der Waals surface area contributed by atoms with Gasteiger partial charge in [-0.25, -0.2) is 0 Å². The van der Waals surface area contributed by atoms with E-state index in [2.05, 4.69) is 6.92 Å². The summed E-state index contributed by atoms with van der Waals surface area (Å²) < 4.78 is 5.30. The van der Waals surface area contributed by atoms with Crippen LogP contribution in [0.3, 0.4) is 0 Å². The van der Waals surface area contributed by atoms with E-state index in [-0.39, 0.29) is 17.9 Å². The fourth-order valence-electron chi connectivity index (χ4n) is 2.85. The smallest absolute Gasteiger partial charge is 0.267 e. The van der Waals surface area contributed by atoms with Crippen molar-refractivity contribution in [2.75, 3.05) is 26.8 Å². The van der Waals surface area contributed by atoms with Gasteiger partial charge in [0.15, 0.2) is 0 Å². The fourth-order valence-corrected chi connectivity index (χ4v) is 3.79. The van der Waals surface area contributed by atoms with Crippen LogP contribution in [0.25, 0.3) is 0 Å². The van der Waals surface area contributed by atoms with E-state index in [0.717, 1.165) is 30.7 Å². The Morgan fingerprint density at radius 3 is 2.95 bits per heavy atom. The van der Waals surface area contributed by atoms with Crippen molar-refractivity contribution >= 4 is 17.2 Å². The lowest BCUT2D eigenvalue weighted by Gasteiger charge is -2.41. The molecule has 1 aromatic rings. The summed E-state index contributed by atoms with van der Waals surface area (Å²) in [5, 5.41) is 9.66. The minimum Gasteiger partial charge on any atom is -0.495 e. The number of hydrogen-bond acceptors (Lipinski definition) is 4. The van der Waals surface area contributed by atoms with Crippen LogP contribution < -0.4 is 4.74 Å². The van der Waals surface area contributed by atoms with E-state index in [1.165, 1.54) is 11.3 Å². The van der Waals surface area contributed by atoms with Crippen molar-refractivity contribution < 1.29 is 14.6 Å². The molecule has 1 fully saturated rings. The normalized spacial score (nSPS) is 22.9. The number of aliphatic hydroxyl groups excluding tert-OH is 1. The van der Waals surface area contributed by atoms with Crippen molar-refractivity contribution in [1.82, 2.24) is 4.90 Å². The molecule has 0 saturated carbocycles. The van der Waals surface area contributed by atoms with Gasteiger partial charge < -0.3 is 14.7 Å². The van der Waals surface area contributed by atoms with Crippen molar-refractivity contribution in [3.63, 3.8) is 0 Å². The van der Waals surface area contributed by atoms with Crippen molar-refractivity contribution in [1.29, 1.82) is 0 Å². The Morgan fingerprint density at radius 2 is 2.35 bits per heavy atom. The minimum atomic E-state index is -0.131. The van der Waals surface area contributed by atoms with Crippen molar-refractivity contribution in [2.24, 2.45) is 5.41 Å². The molecule has 0 spiro atoms. The first-order chi connectivity index (χ1) is 9.55. The Morgan fingerprint density at radius 1 is 1.60 bits per heavy atom. The highest BCUT2D eigenvalue weighted by Gasteiger charge is 2.36. The summed E-state index contributed by atoms with van der Waals surface area (Å²) in [4.78, 5) is 16.3. The van der Waals surface area contributed by atoms with Crippen LogP contribution in [-0.2, 0) is 0 Å². The number of ether oxygens (including phenoxy) is 1. The third kappa shape index (κ3) is 2.83. The van der Waals surface area contributed by atoms with Crippen molar-refractivity contribution in [3.8, 4) is 5.75 Å². The van der Waals surface area contributed by atoms with Gasteiger partial charge in [0, 0.05) is 23.4 Å². The number of nitrogens with zero attached hydrogens (tertiary/aromatic N) is 1. The van der Waals surface area contributed by atoms with E-state index in [9.17, 15) is 9.90 Å². The quantitative estimate of drug-likeness (QED) is 0.929. The zero-order valence-electron chi connectivity index (χ0n) is 12.4. The molecule has 4 nitrogen and oxygen atoms in total. The van der Waals surface area contributed by atoms with Crippen LogP contribution in [-0.4, -0.2) is 42.7 Å². The van der Waals surface area contributed by atoms with E-state index in [0.29, 0.717) is 17.2 Å². The number of piperidine rings is 1. The highest BCUT2D eigenvalue weighted by Crippen LogP contribution is 2.36. The Kier molecular flexibility index (Phi) is 4.70. The molecule has 2 rings (SSSR count). The van der Waals surface area contributed by atoms with E-state index in [1.54, 1.807) is 7.11 Å². The second kappa shape index (κ2) is 6.14. The van der Waals surface area contributed by atoms with Gasteiger partial charge in [0.2, 0.25) is 0 Å². The number of aryl methyl sites for hydroxylation is 1. The van der Waals surface area contributed by atoms with Gasteiger partial charge in [0.25, 0.3) is 5.91 Å². The summed E-state index contributed by atoms with van der Waals surface area (Å²) in [6.07, 6.45) is 2.84. The number of carbonyl (C=O) groups excluding carboxylic acids is 1. The van der Waals surface area contributed by atoms with Gasteiger partial charge >= 0.3 is 0 Å².